The summed E-state index contributed by atoms with van der Waals surface area (Å²) in [5.41, 5.74) is 1.91. The smallest absolute Gasteiger partial charge is 0.0809 e. The SMILES string of the molecule is Cc1ccc(S(=O)(=O)O)cc1.Cc1ccc(S(=O)(=O)O)cc1.[CH2]=[Zr+2].c1ccc2[cH-]ccc2c1.c1ccc2[cH-]ccc2c1. The van der Waals surface area contributed by atoms with Crippen molar-refractivity contribution in [3.63, 3.8) is 0 Å². The minimum atomic E-state index is -4.02. The largest absolute Gasteiger partial charge is 0.168 e. The molecule has 6 aromatic rings. The van der Waals surface area contributed by atoms with Crippen molar-refractivity contribution >= 4 is 46.0 Å². The fourth-order valence-corrected chi connectivity index (χ4v) is 4.52. The van der Waals surface area contributed by atoms with E-state index >= 15 is 0 Å². The molecule has 0 atom stereocenters. The molecule has 0 amide bonds. The minimum absolute atomic E-state index is 0.0666. The molecule has 216 valence electrons. The van der Waals surface area contributed by atoms with Gasteiger partial charge in [0.1, 0.15) is 0 Å². The van der Waals surface area contributed by atoms with Gasteiger partial charge in [0.15, 0.2) is 0 Å². The van der Waals surface area contributed by atoms with Crippen LogP contribution in [0, 0.1) is 13.8 Å². The summed E-state index contributed by atoms with van der Waals surface area (Å²) < 4.78 is 62.4. The molecule has 0 bridgehead atoms. The van der Waals surface area contributed by atoms with Crippen LogP contribution in [-0.2, 0) is 44.5 Å². The van der Waals surface area contributed by atoms with Gasteiger partial charge in [-0.2, -0.15) is 51.9 Å². The first-order valence-corrected chi connectivity index (χ1v) is 17.2. The van der Waals surface area contributed by atoms with E-state index in [0.29, 0.717) is 0 Å². The van der Waals surface area contributed by atoms with Gasteiger partial charge in [-0.15, -0.1) is 59.3 Å². The van der Waals surface area contributed by atoms with Gasteiger partial charge >= 0.3 is 28.4 Å². The van der Waals surface area contributed by atoms with Crippen LogP contribution in [0.15, 0.2) is 143 Å². The summed E-state index contributed by atoms with van der Waals surface area (Å²) in [5.74, 6) is 0. The molecule has 0 aliphatic rings. The van der Waals surface area contributed by atoms with E-state index in [2.05, 4.69) is 89.1 Å². The molecule has 6 nitrogen and oxygen atoms in total. The standard InChI is InChI=1S/2C9H7.2C7H8O3S.CH2.Zr/c2*1-2-5-9-7-3-6-8(9)4-1;2*1-6-2-4-7(5-3-6)11(8,9)10;;/h2*1-7H;2*2-5H,1H3,(H,8,9,10);1H2;/q2*-1;;;;+2. The van der Waals surface area contributed by atoms with E-state index in [-0.39, 0.29) is 9.79 Å². The first-order valence-electron chi connectivity index (χ1n) is 12.6. The zero-order chi connectivity index (χ0) is 31.2. The summed E-state index contributed by atoms with van der Waals surface area (Å²) in [6, 6.07) is 41.3. The van der Waals surface area contributed by atoms with Crippen LogP contribution in [0.2, 0.25) is 0 Å². The molecule has 0 aliphatic heterocycles. The van der Waals surface area contributed by atoms with Crippen molar-refractivity contribution < 1.29 is 50.2 Å². The summed E-state index contributed by atoms with van der Waals surface area (Å²) in [6.07, 6.45) is 0. The molecule has 9 heteroatoms. The maximum absolute atomic E-state index is 10.5. The predicted octanol–water partition coefficient (Wildman–Crippen LogP) is 7.57. The average molecular weight is 680 g/mol. The van der Waals surface area contributed by atoms with Crippen LogP contribution in [0.4, 0.5) is 0 Å². The summed E-state index contributed by atoms with van der Waals surface area (Å²) in [5, 5.41) is 5.32. The third-order valence-corrected chi connectivity index (χ3v) is 7.47. The minimum Gasteiger partial charge on any atom is -0.168 e. The zero-order valence-corrected chi connectivity index (χ0v) is 27.3. The molecular formula is C33H32O6S2Zr. The maximum atomic E-state index is 10.5. The Kier molecular flexibility index (Phi) is 14.1. The van der Waals surface area contributed by atoms with E-state index in [0.717, 1.165) is 11.1 Å². The Morgan fingerprint density at radius 1 is 0.524 bits per heavy atom. The first kappa shape index (κ1) is 34.9. The van der Waals surface area contributed by atoms with E-state index in [1.165, 1.54) is 70.0 Å². The van der Waals surface area contributed by atoms with E-state index in [4.69, 9.17) is 9.11 Å². The van der Waals surface area contributed by atoms with Crippen molar-refractivity contribution in [3.8, 4) is 0 Å². The summed E-state index contributed by atoms with van der Waals surface area (Å²) in [7, 11) is -8.04. The van der Waals surface area contributed by atoms with Crippen molar-refractivity contribution in [1.29, 1.82) is 0 Å². The van der Waals surface area contributed by atoms with Crippen LogP contribution < -0.4 is 0 Å². The van der Waals surface area contributed by atoms with Gasteiger partial charge in [-0.05, 0) is 38.1 Å². The fraction of sp³-hybridized carbons (Fsp3) is 0.0606. The van der Waals surface area contributed by atoms with Gasteiger partial charge in [0, 0.05) is 0 Å². The molecule has 0 heterocycles. The molecular weight excluding hydrogens is 648 g/mol. The predicted molar refractivity (Wildman–Crippen MR) is 168 cm³/mol. The molecule has 42 heavy (non-hydrogen) atoms. The monoisotopic (exact) mass is 678 g/mol. The van der Waals surface area contributed by atoms with Gasteiger partial charge in [-0.1, -0.05) is 47.5 Å². The number of rotatable bonds is 2. The van der Waals surface area contributed by atoms with Crippen molar-refractivity contribution in [2.24, 2.45) is 0 Å². The van der Waals surface area contributed by atoms with Crippen molar-refractivity contribution in [2.45, 2.75) is 23.6 Å². The van der Waals surface area contributed by atoms with E-state index in [1.54, 1.807) is 24.3 Å². The molecule has 6 aromatic carbocycles. The molecule has 2 N–H and O–H groups in total. The summed E-state index contributed by atoms with van der Waals surface area (Å²) in [4.78, 5) is -0.133. The fourth-order valence-electron chi connectivity index (χ4n) is 3.56. The van der Waals surface area contributed by atoms with Crippen LogP contribution in [0.3, 0.4) is 0 Å². The third-order valence-electron chi connectivity index (χ3n) is 5.73. The molecule has 0 spiro atoms. The van der Waals surface area contributed by atoms with Gasteiger partial charge in [0.25, 0.3) is 20.2 Å². The van der Waals surface area contributed by atoms with Crippen molar-refractivity contribution in [2.75, 3.05) is 0 Å². The Morgan fingerprint density at radius 2 is 0.833 bits per heavy atom. The number of fused-ring (bicyclic) bond motifs is 2. The van der Waals surface area contributed by atoms with Crippen LogP contribution in [0.5, 0.6) is 0 Å². The molecule has 0 aliphatic carbocycles. The molecule has 0 saturated heterocycles. The van der Waals surface area contributed by atoms with Crippen LogP contribution in [0.1, 0.15) is 11.1 Å². The van der Waals surface area contributed by atoms with Gasteiger partial charge < -0.3 is 0 Å². The number of benzene rings is 4. The Labute approximate surface area is 262 Å². The van der Waals surface area contributed by atoms with Crippen molar-refractivity contribution in [1.82, 2.24) is 0 Å². The third kappa shape index (κ3) is 11.9. The molecule has 6 rings (SSSR count). The van der Waals surface area contributed by atoms with Crippen LogP contribution in [-0.4, -0.2) is 30.2 Å². The van der Waals surface area contributed by atoms with Crippen LogP contribution in [0.25, 0.3) is 21.5 Å². The summed E-state index contributed by atoms with van der Waals surface area (Å²) in [6.45, 7) is 3.68. The van der Waals surface area contributed by atoms with E-state index < -0.39 is 20.2 Å². The van der Waals surface area contributed by atoms with E-state index in [9.17, 15) is 16.8 Å². The second-order valence-corrected chi connectivity index (χ2v) is 11.7. The van der Waals surface area contributed by atoms with Gasteiger partial charge in [0.2, 0.25) is 0 Å². The van der Waals surface area contributed by atoms with Gasteiger partial charge in [-0.3, -0.25) is 9.11 Å². The number of aryl methyl sites for hydroxylation is 2. The normalized spacial score (nSPS) is 10.5. The summed E-state index contributed by atoms with van der Waals surface area (Å²) >= 11 is 1.30. The Balaban J connectivity index is 0.000000192. The first-order chi connectivity index (χ1) is 19.9. The van der Waals surface area contributed by atoms with Crippen molar-refractivity contribution in [3.05, 3.63) is 145 Å². The quantitative estimate of drug-likeness (QED) is 0.144. The Morgan fingerprint density at radius 3 is 1.12 bits per heavy atom. The Bertz CT molecular complexity index is 1670. The second-order valence-electron chi connectivity index (χ2n) is 8.89. The molecule has 0 fully saturated rings. The molecule has 0 radical (unpaired) electrons. The molecule has 0 saturated carbocycles. The molecule has 0 unspecified atom stereocenters. The van der Waals surface area contributed by atoms with Gasteiger partial charge in [-0.25, -0.2) is 0 Å². The zero-order valence-electron chi connectivity index (χ0n) is 23.3. The number of hydrogen-bond acceptors (Lipinski definition) is 4. The molecule has 0 aromatic heterocycles. The second kappa shape index (κ2) is 17.0. The van der Waals surface area contributed by atoms with E-state index in [1.807, 2.05) is 13.8 Å². The Hall–Kier alpha value is -3.33. The maximum Gasteiger partial charge on any atom is -0.0809 e. The number of hydrogen-bond donors (Lipinski definition) is 2. The topological polar surface area (TPSA) is 109 Å². The van der Waals surface area contributed by atoms with Gasteiger partial charge in [0.05, 0.1) is 9.79 Å². The average Bonchev–Trinajstić information content (AvgIpc) is 3.65. The van der Waals surface area contributed by atoms with Crippen LogP contribution >= 0.6 is 0 Å².